The lowest BCUT2D eigenvalue weighted by Crippen LogP contribution is -2.10. The third kappa shape index (κ3) is 2.65. The number of aryl methyl sites for hydroxylation is 1. The molecule has 0 unspecified atom stereocenters. The predicted molar refractivity (Wildman–Crippen MR) is 78.8 cm³/mol. The van der Waals surface area contributed by atoms with Gasteiger partial charge in [0.2, 0.25) is 0 Å². The van der Waals surface area contributed by atoms with E-state index in [0.29, 0.717) is 35.6 Å². The Morgan fingerprint density at radius 2 is 2.05 bits per heavy atom. The fourth-order valence-corrected chi connectivity index (χ4v) is 2.64. The van der Waals surface area contributed by atoms with Crippen LogP contribution < -0.4 is 0 Å². The van der Waals surface area contributed by atoms with Crippen LogP contribution in [0.4, 0.5) is 0 Å². The van der Waals surface area contributed by atoms with E-state index in [2.05, 4.69) is 16.5 Å². The normalized spacial score (nSPS) is 10.6. The Morgan fingerprint density at radius 3 is 2.70 bits per heavy atom. The lowest BCUT2D eigenvalue weighted by Gasteiger charge is -2.11. The third-order valence-corrected chi connectivity index (χ3v) is 3.50. The maximum atomic E-state index is 12.0. The van der Waals surface area contributed by atoms with Crippen molar-refractivity contribution < 1.29 is 14.3 Å². The van der Waals surface area contributed by atoms with Gasteiger partial charge in [0.1, 0.15) is 16.1 Å². The number of esters is 1. The van der Waals surface area contributed by atoms with Gasteiger partial charge in [0.05, 0.1) is 29.3 Å². The number of thiazole rings is 1. The number of nitrogens with zero attached hydrogens (tertiary/aromatic N) is 2. The highest BCUT2D eigenvalue weighted by Gasteiger charge is 2.21. The molecule has 5 nitrogen and oxygen atoms in total. The highest BCUT2D eigenvalue weighted by Crippen LogP contribution is 2.30. The van der Waals surface area contributed by atoms with Gasteiger partial charge in [-0.15, -0.1) is 0 Å². The summed E-state index contributed by atoms with van der Waals surface area (Å²) in [4.78, 5) is 21.5. The Balaban J connectivity index is 2.64. The van der Waals surface area contributed by atoms with Gasteiger partial charge in [0.25, 0.3) is 0 Å². The van der Waals surface area contributed by atoms with E-state index in [0.717, 1.165) is 9.84 Å². The second-order valence-electron chi connectivity index (χ2n) is 4.01. The molecule has 0 fully saturated rings. The number of pyridine rings is 1. The number of fused-ring (bicyclic) bond motifs is 1. The third-order valence-electron chi connectivity index (χ3n) is 2.63. The SMILES string of the molecule is C=C(OCC)c1c(C(=O)OCC)cnc2sc(C)nc12. The minimum atomic E-state index is -0.441. The molecule has 0 saturated carbocycles. The summed E-state index contributed by atoms with van der Waals surface area (Å²) in [6.07, 6.45) is 1.50. The van der Waals surface area contributed by atoms with E-state index in [1.54, 1.807) is 6.92 Å². The van der Waals surface area contributed by atoms with E-state index in [4.69, 9.17) is 9.47 Å². The van der Waals surface area contributed by atoms with Crippen LogP contribution in [0.2, 0.25) is 0 Å². The zero-order valence-electron chi connectivity index (χ0n) is 11.7. The molecular formula is C14H16N2O3S. The fourth-order valence-electron chi connectivity index (χ4n) is 1.87. The summed E-state index contributed by atoms with van der Waals surface area (Å²) in [7, 11) is 0. The van der Waals surface area contributed by atoms with Crippen molar-refractivity contribution in [2.45, 2.75) is 20.8 Å². The summed E-state index contributed by atoms with van der Waals surface area (Å²) in [5, 5.41) is 0.874. The molecule has 0 radical (unpaired) electrons. The minimum Gasteiger partial charge on any atom is -0.494 e. The molecule has 2 rings (SSSR count). The number of hydrogen-bond donors (Lipinski definition) is 0. The first kappa shape index (κ1) is 14.5. The molecule has 0 aliphatic rings. The maximum Gasteiger partial charge on any atom is 0.340 e. The summed E-state index contributed by atoms with van der Waals surface area (Å²) < 4.78 is 10.5. The number of rotatable bonds is 5. The second kappa shape index (κ2) is 6.00. The molecule has 20 heavy (non-hydrogen) atoms. The number of ether oxygens (including phenoxy) is 2. The first-order chi connectivity index (χ1) is 9.58. The Morgan fingerprint density at radius 1 is 1.35 bits per heavy atom. The smallest absolute Gasteiger partial charge is 0.340 e. The predicted octanol–water partition coefficient (Wildman–Crippen LogP) is 3.18. The molecule has 6 heteroatoms. The first-order valence-electron chi connectivity index (χ1n) is 6.33. The molecule has 0 saturated heterocycles. The molecule has 2 heterocycles. The van der Waals surface area contributed by atoms with Crippen molar-refractivity contribution in [2.24, 2.45) is 0 Å². The van der Waals surface area contributed by atoms with Crippen molar-refractivity contribution in [2.75, 3.05) is 13.2 Å². The summed E-state index contributed by atoms with van der Waals surface area (Å²) in [6, 6.07) is 0. The monoisotopic (exact) mass is 292 g/mol. The number of hydrogen-bond acceptors (Lipinski definition) is 6. The van der Waals surface area contributed by atoms with Crippen LogP contribution >= 0.6 is 11.3 Å². The summed E-state index contributed by atoms with van der Waals surface area (Å²) in [5.74, 6) is -0.0309. The van der Waals surface area contributed by atoms with Crippen molar-refractivity contribution in [3.8, 4) is 0 Å². The van der Waals surface area contributed by atoms with Gasteiger partial charge in [0.15, 0.2) is 0 Å². The molecule has 2 aromatic rings. The van der Waals surface area contributed by atoms with Crippen LogP contribution in [0.3, 0.4) is 0 Å². The highest BCUT2D eigenvalue weighted by atomic mass is 32.1. The van der Waals surface area contributed by atoms with Crippen molar-refractivity contribution in [3.63, 3.8) is 0 Å². The minimum absolute atomic E-state index is 0.299. The van der Waals surface area contributed by atoms with Crippen molar-refractivity contribution in [1.29, 1.82) is 0 Å². The van der Waals surface area contributed by atoms with Crippen LogP contribution in [-0.4, -0.2) is 29.2 Å². The standard InChI is InChI=1S/C14H16N2O3S/c1-5-18-8(3)11-10(14(17)19-6-2)7-15-13-12(11)16-9(4)20-13/h7H,3,5-6H2,1-2,4H3. The number of carbonyl (C=O) groups excluding carboxylic acids is 1. The lowest BCUT2D eigenvalue weighted by molar-refractivity contribution is 0.0525. The quantitative estimate of drug-likeness (QED) is 0.625. The second-order valence-corrected chi connectivity index (χ2v) is 5.19. The van der Waals surface area contributed by atoms with Crippen LogP contribution in [0.5, 0.6) is 0 Å². The van der Waals surface area contributed by atoms with Gasteiger partial charge in [-0.1, -0.05) is 17.9 Å². The van der Waals surface area contributed by atoms with Crippen molar-refractivity contribution in [1.82, 2.24) is 9.97 Å². The first-order valence-corrected chi connectivity index (χ1v) is 7.15. The van der Waals surface area contributed by atoms with E-state index < -0.39 is 5.97 Å². The van der Waals surface area contributed by atoms with Crippen LogP contribution in [0, 0.1) is 6.92 Å². The molecule has 0 aliphatic carbocycles. The Kier molecular flexibility index (Phi) is 4.34. The number of carbonyl (C=O) groups is 1. The summed E-state index contributed by atoms with van der Waals surface area (Å²) in [5.41, 5.74) is 1.54. The van der Waals surface area contributed by atoms with Gasteiger partial charge in [-0.2, -0.15) is 0 Å². The van der Waals surface area contributed by atoms with E-state index in [1.807, 2.05) is 13.8 Å². The van der Waals surface area contributed by atoms with E-state index >= 15 is 0 Å². The Bertz CT molecular complexity index is 664. The Hall–Kier alpha value is -1.95. The van der Waals surface area contributed by atoms with Gasteiger partial charge in [-0.3, -0.25) is 0 Å². The molecule has 0 atom stereocenters. The molecule has 0 amide bonds. The molecule has 0 aliphatic heterocycles. The fraction of sp³-hybridized carbons (Fsp3) is 0.357. The maximum absolute atomic E-state index is 12.0. The number of aromatic nitrogens is 2. The van der Waals surface area contributed by atoms with E-state index in [9.17, 15) is 4.79 Å². The molecular weight excluding hydrogens is 276 g/mol. The highest BCUT2D eigenvalue weighted by molar-refractivity contribution is 7.18. The molecule has 106 valence electrons. The van der Waals surface area contributed by atoms with E-state index in [1.165, 1.54) is 17.5 Å². The van der Waals surface area contributed by atoms with Gasteiger partial charge in [-0.05, 0) is 20.8 Å². The largest absolute Gasteiger partial charge is 0.494 e. The van der Waals surface area contributed by atoms with Crippen LogP contribution in [0.15, 0.2) is 12.8 Å². The van der Waals surface area contributed by atoms with Crippen LogP contribution in [0.25, 0.3) is 16.1 Å². The summed E-state index contributed by atoms with van der Waals surface area (Å²) in [6.45, 7) is 10.2. The molecule has 0 N–H and O–H groups in total. The average Bonchev–Trinajstić information content (AvgIpc) is 2.78. The molecule has 0 bridgehead atoms. The van der Waals surface area contributed by atoms with E-state index in [-0.39, 0.29) is 0 Å². The van der Waals surface area contributed by atoms with Crippen molar-refractivity contribution >= 4 is 33.4 Å². The van der Waals surface area contributed by atoms with Gasteiger partial charge in [0, 0.05) is 6.20 Å². The van der Waals surface area contributed by atoms with Gasteiger partial charge in [-0.25, -0.2) is 14.8 Å². The molecule has 2 aromatic heterocycles. The zero-order chi connectivity index (χ0) is 14.7. The van der Waals surface area contributed by atoms with Crippen LogP contribution in [0.1, 0.15) is 34.8 Å². The lowest BCUT2D eigenvalue weighted by atomic mass is 10.1. The molecule has 0 spiro atoms. The van der Waals surface area contributed by atoms with Gasteiger partial charge >= 0.3 is 5.97 Å². The Labute approximate surface area is 121 Å². The topological polar surface area (TPSA) is 61.3 Å². The van der Waals surface area contributed by atoms with Gasteiger partial charge < -0.3 is 9.47 Å². The van der Waals surface area contributed by atoms with Crippen molar-refractivity contribution in [3.05, 3.63) is 28.9 Å². The zero-order valence-corrected chi connectivity index (χ0v) is 12.5. The average molecular weight is 292 g/mol. The van der Waals surface area contributed by atoms with Crippen LogP contribution in [-0.2, 0) is 9.47 Å². The summed E-state index contributed by atoms with van der Waals surface area (Å²) >= 11 is 1.46. The molecule has 0 aromatic carbocycles.